The minimum absolute atomic E-state index is 0.120. The molecule has 0 spiro atoms. The largest absolute Gasteiger partial charge is 0.467 e. The predicted octanol–water partition coefficient (Wildman–Crippen LogP) is 5.22. The molecule has 1 amide bonds. The van der Waals surface area contributed by atoms with Gasteiger partial charge in [-0.25, -0.2) is 4.39 Å². The van der Waals surface area contributed by atoms with Gasteiger partial charge in [-0.3, -0.25) is 9.36 Å². The summed E-state index contributed by atoms with van der Waals surface area (Å²) in [5.74, 6) is 0.584. The molecule has 4 aromatic rings. The average Bonchev–Trinajstić information content (AvgIpc) is 3.39. The topological polar surface area (TPSA) is 73.0 Å². The molecule has 0 unspecified atom stereocenters. The van der Waals surface area contributed by atoms with Gasteiger partial charge in [0.2, 0.25) is 5.91 Å². The SMILES string of the molecule is O=C(CSc1nnc(-c2ccccc2F)n1Cc1ccco1)Nc1ccccc1Br. The van der Waals surface area contributed by atoms with Gasteiger partial charge in [0, 0.05) is 4.47 Å². The Morgan fingerprint density at radius 2 is 1.90 bits per heavy atom. The first kappa shape index (κ1) is 20.4. The number of anilines is 1. The zero-order valence-electron chi connectivity index (χ0n) is 15.6. The number of amides is 1. The van der Waals surface area contributed by atoms with Crippen LogP contribution in [0.3, 0.4) is 0 Å². The molecule has 1 N–H and O–H groups in total. The monoisotopic (exact) mass is 486 g/mol. The number of nitrogens with zero attached hydrogens (tertiary/aromatic N) is 3. The lowest BCUT2D eigenvalue weighted by Gasteiger charge is -2.10. The second-order valence-corrected chi connectivity index (χ2v) is 8.07. The minimum atomic E-state index is -0.395. The number of benzene rings is 2. The fourth-order valence-electron chi connectivity index (χ4n) is 2.82. The van der Waals surface area contributed by atoms with Gasteiger partial charge in [-0.05, 0) is 52.3 Å². The summed E-state index contributed by atoms with van der Waals surface area (Å²) in [5, 5.41) is 11.7. The fraction of sp³-hybridized carbons (Fsp3) is 0.0952. The summed E-state index contributed by atoms with van der Waals surface area (Å²) < 4.78 is 22.3. The molecule has 0 bridgehead atoms. The average molecular weight is 487 g/mol. The third-order valence-electron chi connectivity index (χ3n) is 4.21. The summed E-state index contributed by atoms with van der Waals surface area (Å²) in [6.45, 7) is 0.317. The lowest BCUT2D eigenvalue weighted by atomic mass is 10.2. The van der Waals surface area contributed by atoms with Crippen molar-refractivity contribution in [1.29, 1.82) is 0 Å². The van der Waals surface area contributed by atoms with Crippen LogP contribution in [0.5, 0.6) is 0 Å². The number of furan rings is 1. The Morgan fingerprint density at radius 1 is 1.10 bits per heavy atom. The van der Waals surface area contributed by atoms with Crippen molar-refractivity contribution in [1.82, 2.24) is 14.8 Å². The Hall–Kier alpha value is -2.91. The first-order valence-electron chi connectivity index (χ1n) is 8.99. The molecule has 0 aliphatic heterocycles. The number of para-hydroxylation sites is 1. The molecule has 0 aliphatic rings. The van der Waals surface area contributed by atoms with E-state index in [1.807, 2.05) is 30.3 Å². The third-order valence-corrected chi connectivity index (χ3v) is 5.86. The number of carbonyl (C=O) groups excluding carboxylic acids is 1. The van der Waals surface area contributed by atoms with Crippen molar-refractivity contribution in [3.63, 3.8) is 0 Å². The van der Waals surface area contributed by atoms with Crippen LogP contribution >= 0.6 is 27.7 Å². The zero-order valence-corrected chi connectivity index (χ0v) is 18.0. The van der Waals surface area contributed by atoms with Crippen LogP contribution in [0.4, 0.5) is 10.1 Å². The maximum Gasteiger partial charge on any atom is 0.234 e. The van der Waals surface area contributed by atoms with E-state index in [2.05, 4.69) is 31.4 Å². The molecule has 0 radical (unpaired) electrons. The van der Waals surface area contributed by atoms with Crippen LogP contribution in [0.15, 0.2) is 81.0 Å². The second-order valence-electron chi connectivity index (χ2n) is 6.27. The van der Waals surface area contributed by atoms with Crippen molar-refractivity contribution in [2.45, 2.75) is 11.7 Å². The predicted molar refractivity (Wildman–Crippen MR) is 117 cm³/mol. The number of rotatable bonds is 7. The fourth-order valence-corrected chi connectivity index (χ4v) is 3.94. The van der Waals surface area contributed by atoms with Crippen LogP contribution in [-0.2, 0) is 11.3 Å². The van der Waals surface area contributed by atoms with E-state index in [1.165, 1.54) is 17.8 Å². The second kappa shape index (κ2) is 9.27. The van der Waals surface area contributed by atoms with Crippen LogP contribution in [0.25, 0.3) is 11.4 Å². The van der Waals surface area contributed by atoms with Crippen molar-refractivity contribution >= 4 is 39.3 Å². The van der Waals surface area contributed by atoms with E-state index in [0.29, 0.717) is 34.5 Å². The zero-order chi connectivity index (χ0) is 20.9. The molecule has 30 heavy (non-hydrogen) atoms. The number of nitrogens with one attached hydrogen (secondary N) is 1. The van der Waals surface area contributed by atoms with Crippen LogP contribution < -0.4 is 5.32 Å². The Kier molecular flexibility index (Phi) is 6.29. The van der Waals surface area contributed by atoms with Gasteiger partial charge in [0.05, 0.1) is 29.8 Å². The van der Waals surface area contributed by atoms with Crippen LogP contribution in [0.2, 0.25) is 0 Å². The lowest BCUT2D eigenvalue weighted by Crippen LogP contribution is -2.15. The Labute approximate surface area is 184 Å². The van der Waals surface area contributed by atoms with Gasteiger partial charge >= 0.3 is 0 Å². The van der Waals surface area contributed by atoms with Crippen molar-refractivity contribution in [2.24, 2.45) is 0 Å². The maximum absolute atomic E-state index is 14.4. The van der Waals surface area contributed by atoms with E-state index in [9.17, 15) is 9.18 Å². The molecule has 0 saturated carbocycles. The number of hydrogen-bond donors (Lipinski definition) is 1. The molecule has 152 valence electrons. The van der Waals surface area contributed by atoms with Crippen molar-refractivity contribution in [3.05, 3.63) is 83.0 Å². The molecule has 0 atom stereocenters. The highest BCUT2D eigenvalue weighted by molar-refractivity contribution is 9.10. The van der Waals surface area contributed by atoms with E-state index < -0.39 is 5.82 Å². The molecule has 6 nitrogen and oxygen atoms in total. The lowest BCUT2D eigenvalue weighted by molar-refractivity contribution is -0.113. The number of hydrogen-bond acceptors (Lipinski definition) is 5. The Morgan fingerprint density at radius 3 is 2.67 bits per heavy atom. The van der Waals surface area contributed by atoms with Crippen molar-refractivity contribution < 1.29 is 13.6 Å². The van der Waals surface area contributed by atoms with E-state index in [-0.39, 0.29) is 11.7 Å². The van der Waals surface area contributed by atoms with Gasteiger partial charge in [-0.15, -0.1) is 10.2 Å². The first-order chi connectivity index (χ1) is 14.6. The quantitative estimate of drug-likeness (QED) is 0.362. The molecule has 9 heteroatoms. The van der Waals surface area contributed by atoms with Crippen molar-refractivity contribution in [3.8, 4) is 11.4 Å². The molecular formula is C21H16BrFN4O2S. The number of carbonyl (C=O) groups is 1. The maximum atomic E-state index is 14.4. The summed E-state index contributed by atoms with van der Waals surface area (Å²) in [6.07, 6.45) is 1.57. The van der Waals surface area contributed by atoms with Gasteiger partial charge in [0.25, 0.3) is 0 Å². The first-order valence-corrected chi connectivity index (χ1v) is 10.8. The molecule has 0 fully saturated rings. The normalized spacial score (nSPS) is 10.9. The molecule has 0 saturated heterocycles. The van der Waals surface area contributed by atoms with Crippen LogP contribution in [-0.4, -0.2) is 26.4 Å². The summed E-state index contributed by atoms with van der Waals surface area (Å²) in [7, 11) is 0. The van der Waals surface area contributed by atoms with Gasteiger partial charge in [-0.1, -0.05) is 36.0 Å². The van der Waals surface area contributed by atoms with E-state index in [4.69, 9.17) is 4.42 Å². The van der Waals surface area contributed by atoms with Crippen LogP contribution in [0.1, 0.15) is 5.76 Å². The van der Waals surface area contributed by atoms with Crippen molar-refractivity contribution in [2.75, 3.05) is 11.1 Å². The number of halogens is 2. The molecule has 2 heterocycles. The molecule has 2 aromatic heterocycles. The highest BCUT2D eigenvalue weighted by Crippen LogP contribution is 2.27. The number of thioether (sulfide) groups is 1. The third kappa shape index (κ3) is 4.63. The van der Waals surface area contributed by atoms with Gasteiger partial charge < -0.3 is 9.73 Å². The summed E-state index contributed by atoms with van der Waals surface area (Å²) in [6, 6.07) is 17.3. The highest BCUT2D eigenvalue weighted by atomic mass is 79.9. The van der Waals surface area contributed by atoms with Gasteiger partial charge in [0.1, 0.15) is 11.6 Å². The Balaban J connectivity index is 1.56. The smallest absolute Gasteiger partial charge is 0.234 e. The Bertz CT molecular complexity index is 1160. The van der Waals surface area contributed by atoms with E-state index in [1.54, 1.807) is 35.1 Å². The molecule has 0 aliphatic carbocycles. The standard InChI is InChI=1S/C21H16BrFN4O2S/c22-16-8-2-4-10-18(16)24-19(28)13-30-21-26-25-20(15-7-1-3-9-17(15)23)27(21)12-14-6-5-11-29-14/h1-11H,12-13H2,(H,24,28). The minimum Gasteiger partial charge on any atom is -0.467 e. The van der Waals surface area contributed by atoms with Crippen LogP contribution in [0, 0.1) is 5.82 Å². The van der Waals surface area contributed by atoms with Gasteiger partial charge in [0.15, 0.2) is 11.0 Å². The van der Waals surface area contributed by atoms with Gasteiger partial charge in [-0.2, -0.15) is 0 Å². The highest BCUT2D eigenvalue weighted by Gasteiger charge is 2.19. The summed E-state index contributed by atoms with van der Waals surface area (Å²) in [4.78, 5) is 12.4. The molecule has 4 rings (SSSR count). The summed E-state index contributed by atoms with van der Waals surface area (Å²) >= 11 is 4.63. The number of aromatic nitrogens is 3. The molecular weight excluding hydrogens is 471 g/mol. The van der Waals surface area contributed by atoms with E-state index >= 15 is 0 Å². The van der Waals surface area contributed by atoms with E-state index in [0.717, 1.165) is 4.47 Å². The summed E-state index contributed by atoms with van der Waals surface area (Å²) in [5.41, 5.74) is 1.02. The molecule has 2 aromatic carbocycles.